The summed E-state index contributed by atoms with van der Waals surface area (Å²) in [5, 5.41) is 14.1. The van der Waals surface area contributed by atoms with E-state index in [2.05, 4.69) is 32.2 Å². The second-order valence-electron chi connectivity index (χ2n) is 7.53. The van der Waals surface area contributed by atoms with Crippen LogP contribution in [-0.4, -0.2) is 9.97 Å². The Labute approximate surface area is 207 Å². The van der Waals surface area contributed by atoms with Crippen LogP contribution in [0.2, 0.25) is 10.0 Å². The van der Waals surface area contributed by atoms with Crippen molar-refractivity contribution >= 4 is 51.9 Å². The summed E-state index contributed by atoms with van der Waals surface area (Å²) in [6.07, 6.45) is 1.41. The molecule has 4 aromatic rings. The molecule has 4 rings (SSSR count). The minimum atomic E-state index is -0.526. The van der Waals surface area contributed by atoms with Gasteiger partial charge in [0, 0.05) is 15.7 Å². The van der Waals surface area contributed by atoms with Crippen molar-refractivity contribution in [3.05, 3.63) is 99.8 Å². The zero-order chi connectivity index (χ0) is 24.1. The Morgan fingerprint density at radius 2 is 1.65 bits per heavy atom. The molecule has 0 aliphatic heterocycles. The second-order valence-corrected chi connectivity index (χ2v) is 8.37. The van der Waals surface area contributed by atoms with Crippen LogP contribution in [0.5, 0.6) is 0 Å². The number of benzene rings is 3. The van der Waals surface area contributed by atoms with Crippen LogP contribution in [0.25, 0.3) is 0 Å². The summed E-state index contributed by atoms with van der Waals surface area (Å²) in [4.78, 5) is 8.47. The molecule has 34 heavy (non-hydrogen) atoms. The van der Waals surface area contributed by atoms with Crippen molar-refractivity contribution in [2.75, 3.05) is 21.9 Å². The van der Waals surface area contributed by atoms with Crippen molar-refractivity contribution in [2.24, 2.45) is 0 Å². The van der Waals surface area contributed by atoms with Crippen LogP contribution >= 0.6 is 23.2 Å². The van der Waals surface area contributed by atoms with Crippen LogP contribution < -0.4 is 21.9 Å². The summed E-state index contributed by atoms with van der Waals surface area (Å²) in [5.74, 6) is 0.323. The van der Waals surface area contributed by atoms with Crippen LogP contribution in [0.15, 0.2) is 73.1 Å². The summed E-state index contributed by atoms with van der Waals surface area (Å²) in [6.45, 7) is 1.92. The lowest BCUT2D eigenvalue weighted by molar-refractivity contribution is 1.03. The molecule has 5 N–H and O–H groups in total. The van der Waals surface area contributed by atoms with Crippen molar-refractivity contribution in [3.63, 3.8) is 0 Å². The van der Waals surface area contributed by atoms with Gasteiger partial charge in [-0.1, -0.05) is 59.6 Å². The van der Waals surface area contributed by atoms with Crippen molar-refractivity contribution < 1.29 is 0 Å². The molecular weight excluding hydrogens is 469 g/mol. The van der Waals surface area contributed by atoms with E-state index in [1.54, 1.807) is 18.2 Å². The first-order chi connectivity index (χ1) is 16.5. The highest BCUT2D eigenvalue weighted by atomic mass is 35.5. The number of nitrogen functional groups attached to an aromatic ring is 1. The van der Waals surface area contributed by atoms with E-state index in [1.165, 1.54) is 6.33 Å². The molecule has 1 unspecified atom stereocenters. The minimum Gasteiger partial charge on any atom is -0.393 e. The topological polar surface area (TPSA) is 112 Å². The van der Waals surface area contributed by atoms with Crippen molar-refractivity contribution in [3.8, 4) is 6.07 Å². The maximum Gasteiger partial charge on any atom is 0.173 e. The molecule has 0 aliphatic rings. The number of hydrogen-bond acceptors (Lipinski definition) is 7. The third-order valence-corrected chi connectivity index (χ3v) is 5.80. The van der Waals surface area contributed by atoms with Gasteiger partial charge in [0.25, 0.3) is 0 Å². The molecule has 3 aromatic carbocycles. The minimum absolute atomic E-state index is 0.335. The Morgan fingerprint density at radius 1 is 0.941 bits per heavy atom. The maximum atomic E-state index is 9.82. The van der Waals surface area contributed by atoms with Crippen LogP contribution in [0, 0.1) is 18.3 Å². The van der Waals surface area contributed by atoms with Crippen molar-refractivity contribution in [2.45, 2.75) is 12.8 Å². The molecule has 0 bridgehead atoms. The van der Waals surface area contributed by atoms with E-state index in [0.29, 0.717) is 38.6 Å². The fraction of sp³-hybridized carbons (Fsp3) is 0.0800. The molecule has 1 aromatic heterocycles. The number of halogens is 2. The first-order valence-electron chi connectivity index (χ1n) is 10.4. The van der Waals surface area contributed by atoms with Crippen LogP contribution in [-0.2, 0) is 0 Å². The molecule has 1 heterocycles. The molecule has 9 heteroatoms. The van der Waals surface area contributed by atoms with Gasteiger partial charge in [0.1, 0.15) is 12.0 Å². The van der Waals surface area contributed by atoms with Gasteiger partial charge in [-0.15, -0.1) is 0 Å². The maximum absolute atomic E-state index is 9.82. The number of nitrogens with one attached hydrogen (secondary N) is 3. The predicted octanol–water partition coefficient (Wildman–Crippen LogP) is 6.51. The summed E-state index contributed by atoms with van der Waals surface area (Å²) >= 11 is 12.6. The van der Waals surface area contributed by atoms with Gasteiger partial charge < -0.3 is 11.1 Å². The lowest BCUT2D eigenvalue weighted by Crippen LogP contribution is -2.13. The third-order valence-electron chi connectivity index (χ3n) is 5.22. The number of hydrazine groups is 1. The molecule has 0 amide bonds. The fourth-order valence-corrected chi connectivity index (χ4v) is 3.81. The molecule has 170 valence electrons. The number of aryl methyl sites for hydroxylation is 1. The Morgan fingerprint density at radius 3 is 2.35 bits per heavy atom. The number of rotatable bonds is 7. The number of nitrogens with two attached hydrogens (primary N) is 1. The van der Waals surface area contributed by atoms with Gasteiger partial charge >= 0.3 is 0 Å². The number of nitrogens with zero attached hydrogens (tertiary/aromatic N) is 3. The summed E-state index contributed by atoms with van der Waals surface area (Å²) in [6, 6.07) is 22.7. The number of anilines is 5. The standard InChI is InChI=1S/C25H21Cl2N7/c1-15-11-19(20(13-28)16-7-9-17(26)10-8-16)21(27)12-22(15)32-24-23(29)25(31-14-30-24)34-33-18-5-3-2-4-6-18/h2-12,14,20,33H,29H2,1H3,(H2,30,31,32,34). The molecule has 0 spiro atoms. The van der Waals surface area contributed by atoms with Gasteiger partial charge in [0.05, 0.1) is 17.7 Å². The quantitative estimate of drug-likeness (QED) is 0.219. The zero-order valence-corrected chi connectivity index (χ0v) is 19.7. The Balaban J connectivity index is 1.57. The number of para-hydroxylation sites is 1. The molecule has 0 saturated carbocycles. The molecule has 0 fully saturated rings. The Bertz CT molecular complexity index is 1340. The average molecular weight is 490 g/mol. The zero-order valence-electron chi connectivity index (χ0n) is 18.2. The van der Waals surface area contributed by atoms with Crippen LogP contribution in [0.3, 0.4) is 0 Å². The van der Waals surface area contributed by atoms with Crippen molar-refractivity contribution in [1.29, 1.82) is 5.26 Å². The SMILES string of the molecule is Cc1cc(C(C#N)c2ccc(Cl)cc2)c(Cl)cc1Nc1ncnc(NNc2ccccc2)c1N. The number of hydrogen-bond donors (Lipinski definition) is 4. The van der Waals surface area contributed by atoms with Gasteiger partial charge in [0.15, 0.2) is 11.6 Å². The highest BCUT2D eigenvalue weighted by molar-refractivity contribution is 6.32. The highest BCUT2D eigenvalue weighted by Crippen LogP contribution is 2.36. The van der Waals surface area contributed by atoms with E-state index >= 15 is 0 Å². The normalized spacial score (nSPS) is 11.4. The summed E-state index contributed by atoms with van der Waals surface area (Å²) in [7, 11) is 0. The van der Waals surface area contributed by atoms with E-state index in [-0.39, 0.29) is 0 Å². The Kier molecular flexibility index (Phi) is 7.02. The van der Waals surface area contributed by atoms with Gasteiger partial charge in [0.2, 0.25) is 0 Å². The second kappa shape index (κ2) is 10.3. The first-order valence-corrected chi connectivity index (χ1v) is 11.1. The molecule has 7 nitrogen and oxygen atoms in total. The molecule has 0 aliphatic carbocycles. The fourth-order valence-electron chi connectivity index (χ4n) is 3.41. The average Bonchev–Trinajstić information content (AvgIpc) is 2.84. The van der Waals surface area contributed by atoms with Crippen LogP contribution in [0.4, 0.5) is 28.7 Å². The van der Waals surface area contributed by atoms with Gasteiger partial charge in [-0.05, 0) is 53.9 Å². The van der Waals surface area contributed by atoms with E-state index < -0.39 is 5.92 Å². The lowest BCUT2D eigenvalue weighted by Gasteiger charge is -2.18. The van der Waals surface area contributed by atoms with E-state index in [9.17, 15) is 5.26 Å². The van der Waals surface area contributed by atoms with E-state index in [0.717, 1.165) is 16.8 Å². The molecule has 0 saturated heterocycles. The third kappa shape index (κ3) is 5.15. The Hall–Kier alpha value is -3.99. The number of aromatic nitrogens is 2. The predicted molar refractivity (Wildman–Crippen MR) is 139 cm³/mol. The van der Waals surface area contributed by atoms with Crippen molar-refractivity contribution in [1.82, 2.24) is 9.97 Å². The lowest BCUT2D eigenvalue weighted by atomic mass is 9.91. The van der Waals surface area contributed by atoms with Crippen LogP contribution in [0.1, 0.15) is 22.6 Å². The smallest absolute Gasteiger partial charge is 0.173 e. The molecule has 1 atom stereocenters. The number of nitriles is 1. The highest BCUT2D eigenvalue weighted by Gasteiger charge is 2.19. The summed E-state index contributed by atoms with van der Waals surface area (Å²) in [5.41, 5.74) is 16.7. The first kappa shape index (κ1) is 23.2. The molecular formula is C25H21Cl2N7. The van der Waals surface area contributed by atoms with Gasteiger partial charge in [-0.25, -0.2) is 9.97 Å². The van der Waals surface area contributed by atoms with Gasteiger partial charge in [-0.2, -0.15) is 5.26 Å². The largest absolute Gasteiger partial charge is 0.393 e. The monoisotopic (exact) mass is 489 g/mol. The summed E-state index contributed by atoms with van der Waals surface area (Å²) < 4.78 is 0. The molecule has 0 radical (unpaired) electrons. The van der Waals surface area contributed by atoms with E-state index in [4.69, 9.17) is 28.9 Å². The van der Waals surface area contributed by atoms with Gasteiger partial charge in [-0.3, -0.25) is 10.9 Å². The van der Waals surface area contributed by atoms with E-state index in [1.807, 2.05) is 55.5 Å².